The molecule has 9 nitrogen and oxygen atoms in total. The number of hydrogen-bond acceptors (Lipinski definition) is 8. The number of piperidine rings is 1. The molecule has 6 rings (SSSR count). The van der Waals surface area contributed by atoms with Gasteiger partial charge in [-0.1, -0.05) is 0 Å². The average molecular weight is 539 g/mol. The van der Waals surface area contributed by atoms with Crippen molar-refractivity contribution in [3.8, 4) is 17.3 Å². The normalized spacial score (nSPS) is 23.4. The van der Waals surface area contributed by atoms with Gasteiger partial charge in [-0.05, 0) is 37.8 Å². The highest BCUT2D eigenvalue weighted by atomic mass is 19.4. The molecular weight excluding hydrogens is 509 g/mol. The van der Waals surface area contributed by atoms with Crippen LogP contribution in [0.2, 0.25) is 0 Å². The number of imidazole rings is 1. The summed E-state index contributed by atoms with van der Waals surface area (Å²) >= 11 is 0. The van der Waals surface area contributed by atoms with Gasteiger partial charge in [0.05, 0.1) is 30.1 Å². The number of aliphatic imine (C=N–C) groups is 1. The Balaban J connectivity index is 1.39. The molecule has 1 saturated carbocycles. The third-order valence-corrected chi connectivity index (χ3v) is 7.84. The first-order chi connectivity index (χ1) is 18.7. The molecule has 2 unspecified atom stereocenters. The van der Waals surface area contributed by atoms with E-state index in [-0.39, 0.29) is 17.9 Å². The molecule has 1 aliphatic carbocycles. The fourth-order valence-electron chi connectivity index (χ4n) is 5.92. The number of alkyl halides is 3. The van der Waals surface area contributed by atoms with Gasteiger partial charge in [-0.3, -0.25) is 4.99 Å². The second-order valence-corrected chi connectivity index (χ2v) is 10.2. The van der Waals surface area contributed by atoms with Gasteiger partial charge in [-0.25, -0.2) is 19.9 Å². The van der Waals surface area contributed by atoms with Crippen molar-refractivity contribution in [3.63, 3.8) is 0 Å². The summed E-state index contributed by atoms with van der Waals surface area (Å²) in [6.07, 6.45) is 4.19. The molecule has 0 amide bonds. The lowest BCUT2D eigenvalue weighted by molar-refractivity contribution is -0.140. The van der Waals surface area contributed by atoms with Crippen molar-refractivity contribution in [1.29, 1.82) is 0 Å². The van der Waals surface area contributed by atoms with Gasteiger partial charge in [-0.2, -0.15) is 13.2 Å². The van der Waals surface area contributed by atoms with E-state index in [0.29, 0.717) is 29.5 Å². The van der Waals surface area contributed by atoms with Crippen LogP contribution in [-0.4, -0.2) is 56.5 Å². The largest absolute Gasteiger partial charge is 0.480 e. The summed E-state index contributed by atoms with van der Waals surface area (Å²) in [5.74, 6) is 1.73. The van der Waals surface area contributed by atoms with Crippen molar-refractivity contribution in [2.24, 2.45) is 17.8 Å². The van der Waals surface area contributed by atoms with Crippen molar-refractivity contribution >= 4 is 17.2 Å². The highest BCUT2D eigenvalue weighted by molar-refractivity contribution is 6.09. The predicted octanol–water partition coefficient (Wildman–Crippen LogP) is 4.36. The van der Waals surface area contributed by atoms with Gasteiger partial charge in [0.15, 0.2) is 5.69 Å². The Labute approximate surface area is 223 Å². The summed E-state index contributed by atoms with van der Waals surface area (Å²) in [5, 5.41) is 0. The minimum atomic E-state index is -4.51. The fraction of sp³-hybridized carbons (Fsp3) is 0.444. The molecule has 3 aliphatic rings. The van der Waals surface area contributed by atoms with E-state index in [2.05, 4.69) is 29.8 Å². The van der Waals surface area contributed by atoms with Gasteiger partial charge in [-0.15, -0.1) is 0 Å². The molecule has 3 aromatic heterocycles. The third-order valence-electron chi connectivity index (χ3n) is 7.84. The lowest BCUT2D eigenvalue weighted by Crippen LogP contribution is -2.46. The Hall–Kier alpha value is -3.96. The summed E-state index contributed by atoms with van der Waals surface area (Å²) in [4.78, 5) is 24.3. The maximum atomic E-state index is 13.2. The number of pyridine rings is 1. The molecule has 3 fully saturated rings. The number of aromatic nitrogens is 5. The SMILES string of the molecule is CN=C1CC2CCC(/C1=C(/N)c1c(OC)ncnc1C1CC1)N2c1ccc(-c2nc(C(F)(F)F)cn2C)cn1. The fourth-order valence-corrected chi connectivity index (χ4v) is 5.92. The van der Waals surface area contributed by atoms with Crippen LogP contribution in [0.4, 0.5) is 19.0 Å². The van der Waals surface area contributed by atoms with Crippen LogP contribution in [0.15, 0.2) is 41.4 Å². The number of nitrogens with zero attached hydrogens (tertiary/aromatic N) is 7. The van der Waals surface area contributed by atoms with Gasteiger partial charge in [0, 0.05) is 61.7 Å². The molecule has 0 aromatic carbocycles. The zero-order valence-corrected chi connectivity index (χ0v) is 21.9. The van der Waals surface area contributed by atoms with Crippen LogP contribution in [-0.2, 0) is 13.2 Å². The number of nitrogens with two attached hydrogens (primary N) is 1. The Morgan fingerprint density at radius 1 is 1.13 bits per heavy atom. The predicted molar refractivity (Wildman–Crippen MR) is 140 cm³/mol. The van der Waals surface area contributed by atoms with Crippen LogP contribution in [0.25, 0.3) is 17.1 Å². The Bertz CT molecular complexity index is 1470. The first kappa shape index (κ1) is 25.3. The number of ether oxygens (including phenoxy) is 1. The van der Waals surface area contributed by atoms with Crippen molar-refractivity contribution in [1.82, 2.24) is 24.5 Å². The summed E-state index contributed by atoms with van der Waals surface area (Å²) in [6.45, 7) is 0. The van der Waals surface area contributed by atoms with Crippen molar-refractivity contribution in [3.05, 3.63) is 53.4 Å². The zero-order valence-electron chi connectivity index (χ0n) is 21.9. The molecule has 2 atom stereocenters. The molecule has 0 radical (unpaired) electrons. The molecular formula is C27H29F3N8O. The minimum absolute atomic E-state index is 0.0669. The maximum absolute atomic E-state index is 13.2. The van der Waals surface area contributed by atoms with E-state index in [1.165, 1.54) is 10.9 Å². The second-order valence-electron chi connectivity index (χ2n) is 10.2. The molecule has 12 heteroatoms. The summed E-state index contributed by atoms with van der Waals surface area (Å²) < 4.78 is 46.5. The summed E-state index contributed by atoms with van der Waals surface area (Å²) in [6, 6.07) is 3.72. The van der Waals surface area contributed by atoms with Gasteiger partial charge in [0.25, 0.3) is 0 Å². The lowest BCUT2D eigenvalue weighted by Gasteiger charge is -2.39. The van der Waals surface area contributed by atoms with Gasteiger partial charge >= 0.3 is 6.18 Å². The standard InChI is InChI=1S/C27H29F3N8O/c1-32-17-10-16-7-8-18(21(17)23(31)22-24(14-4-5-14)34-13-35-26(22)39-3)38(16)20-9-6-15(11-33-20)25-36-19(12-37(25)2)27(28,29)30/h6,9,11-14,16,18H,4-5,7-8,10,31H2,1-3H3/b23-21+,32-17?. The lowest BCUT2D eigenvalue weighted by atomic mass is 9.89. The molecule has 2 aliphatic heterocycles. The highest BCUT2D eigenvalue weighted by Gasteiger charge is 2.45. The van der Waals surface area contributed by atoms with Gasteiger partial charge in [0.2, 0.25) is 5.88 Å². The van der Waals surface area contributed by atoms with Crippen LogP contribution in [0.1, 0.15) is 55.0 Å². The molecule has 2 saturated heterocycles. The molecule has 2 N–H and O–H groups in total. The van der Waals surface area contributed by atoms with E-state index >= 15 is 0 Å². The van der Waals surface area contributed by atoms with Crippen LogP contribution in [0, 0.1) is 0 Å². The van der Waals surface area contributed by atoms with Crippen molar-refractivity contribution in [2.75, 3.05) is 19.1 Å². The molecule has 39 heavy (non-hydrogen) atoms. The number of methoxy groups -OCH3 is 1. The maximum Gasteiger partial charge on any atom is 0.434 e. The topological polar surface area (TPSA) is 107 Å². The first-order valence-corrected chi connectivity index (χ1v) is 12.9. The third kappa shape index (κ3) is 4.31. The Morgan fingerprint density at radius 2 is 1.92 bits per heavy atom. The smallest absolute Gasteiger partial charge is 0.434 e. The number of aryl methyl sites for hydroxylation is 1. The number of fused-ring (bicyclic) bond motifs is 2. The molecule has 5 heterocycles. The van der Waals surface area contributed by atoms with E-state index in [1.54, 1.807) is 33.5 Å². The molecule has 0 spiro atoms. The van der Waals surface area contributed by atoms with Gasteiger partial charge in [0.1, 0.15) is 18.0 Å². The number of hydrogen-bond donors (Lipinski definition) is 1. The van der Waals surface area contributed by atoms with Crippen LogP contribution in [0.5, 0.6) is 5.88 Å². The number of rotatable bonds is 5. The van der Waals surface area contributed by atoms with Crippen molar-refractivity contribution < 1.29 is 17.9 Å². The van der Waals surface area contributed by atoms with E-state index in [4.69, 9.17) is 10.5 Å². The Kier molecular flexibility index (Phi) is 6.07. The van der Waals surface area contributed by atoms with Gasteiger partial charge < -0.3 is 19.9 Å². The van der Waals surface area contributed by atoms with Crippen LogP contribution in [0.3, 0.4) is 0 Å². The number of halogens is 3. The number of anilines is 1. The summed E-state index contributed by atoms with van der Waals surface area (Å²) in [7, 11) is 4.91. The second kappa shape index (κ2) is 9.35. The van der Waals surface area contributed by atoms with E-state index < -0.39 is 11.9 Å². The average Bonchev–Trinajstić information content (AvgIpc) is 3.63. The first-order valence-electron chi connectivity index (χ1n) is 12.9. The van der Waals surface area contributed by atoms with E-state index in [1.807, 2.05) is 6.07 Å². The van der Waals surface area contributed by atoms with Crippen LogP contribution >= 0.6 is 0 Å². The molecule has 2 bridgehead atoms. The highest BCUT2D eigenvalue weighted by Crippen LogP contribution is 2.47. The van der Waals surface area contributed by atoms with E-state index in [9.17, 15) is 13.2 Å². The van der Waals surface area contributed by atoms with Crippen LogP contribution < -0.4 is 15.4 Å². The quantitative estimate of drug-likeness (QED) is 0.514. The monoisotopic (exact) mass is 538 g/mol. The Morgan fingerprint density at radius 3 is 2.54 bits per heavy atom. The minimum Gasteiger partial charge on any atom is -0.480 e. The van der Waals surface area contributed by atoms with Crippen molar-refractivity contribution in [2.45, 2.75) is 56.3 Å². The van der Waals surface area contributed by atoms with E-state index in [0.717, 1.165) is 60.2 Å². The summed E-state index contributed by atoms with van der Waals surface area (Å²) in [5.41, 5.74) is 10.6. The molecule has 3 aromatic rings. The molecule has 204 valence electrons. The zero-order chi connectivity index (χ0) is 27.5.